The number of nitrogen functional groups attached to an aromatic ring is 1. The van der Waals surface area contributed by atoms with Crippen molar-refractivity contribution in [1.29, 1.82) is 0 Å². The van der Waals surface area contributed by atoms with E-state index >= 15 is 0 Å². The largest absolute Gasteiger partial charge is 0.382 e. The molecule has 2 aromatic heterocycles. The maximum absolute atomic E-state index is 12.8. The van der Waals surface area contributed by atoms with Gasteiger partial charge in [0.2, 0.25) is 5.82 Å². The van der Waals surface area contributed by atoms with E-state index < -0.39 is 0 Å². The number of nitrogens with zero attached hydrogens (tertiary/aromatic N) is 3. The highest BCUT2D eigenvalue weighted by Crippen LogP contribution is 2.21. The number of aromatic nitrogens is 4. The van der Waals surface area contributed by atoms with Gasteiger partial charge in [-0.3, -0.25) is 5.10 Å². The molecule has 0 aliphatic carbocycles. The molecule has 18 heavy (non-hydrogen) atoms. The molecule has 0 unspecified atom stereocenters. The molecule has 2 heterocycles. The van der Waals surface area contributed by atoms with Crippen LogP contribution in [-0.2, 0) is 0 Å². The van der Waals surface area contributed by atoms with E-state index in [9.17, 15) is 4.39 Å². The summed E-state index contributed by atoms with van der Waals surface area (Å²) in [7, 11) is 0. The van der Waals surface area contributed by atoms with Crippen molar-refractivity contribution in [3.05, 3.63) is 36.1 Å². The summed E-state index contributed by atoms with van der Waals surface area (Å²) in [5.41, 5.74) is 6.68. The predicted molar refractivity (Wildman–Crippen MR) is 61.7 cm³/mol. The highest BCUT2D eigenvalue weighted by molar-refractivity contribution is 5.58. The van der Waals surface area contributed by atoms with Gasteiger partial charge in [-0.15, -0.1) is 0 Å². The lowest BCUT2D eigenvalue weighted by Crippen LogP contribution is -1.82. The molecule has 0 atom stereocenters. The van der Waals surface area contributed by atoms with Gasteiger partial charge < -0.3 is 10.3 Å². The summed E-state index contributed by atoms with van der Waals surface area (Å²) in [6.45, 7) is 0. The molecule has 0 aliphatic heterocycles. The quantitative estimate of drug-likeness (QED) is 0.718. The van der Waals surface area contributed by atoms with Crippen LogP contribution < -0.4 is 5.73 Å². The normalized spacial score (nSPS) is 10.7. The van der Waals surface area contributed by atoms with Gasteiger partial charge in [-0.25, -0.2) is 4.39 Å². The van der Waals surface area contributed by atoms with Gasteiger partial charge in [0.25, 0.3) is 5.89 Å². The Bertz CT molecular complexity index is 673. The summed E-state index contributed by atoms with van der Waals surface area (Å²) in [6, 6.07) is 7.40. The fourth-order valence-corrected chi connectivity index (χ4v) is 1.50. The zero-order valence-corrected chi connectivity index (χ0v) is 9.09. The molecule has 0 saturated heterocycles. The summed E-state index contributed by atoms with van der Waals surface area (Å²) < 4.78 is 17.9. The molecule has 7 heteroatoms. The molecule has 0 radical (unpaired) electrons. The van der Waals surface area contributed by atoms with Crippen LogP contribution in [0.1, 0.15) is 0 Å². The molecule has 90 valence electrons. The van der Waals surface area contributed by atoms with Crippen molar-refractivity contribution < 1.29 is 8.91 Å². The molecule has 3 N–H and O–H groups in total. The fourth-order valence-electron chi connectivity index (χ4n) is 1.50. The number of benzene rings is 1. The van der Waals surface area contributed by atoms with Crippen molar-refractivity contribution in [2.45, 2.75) is 0 Å². The van der Waals surface area contributed by atoms with Gasteiger partial charge in [0, 0.05) is 11.6 Å². The van der Waals surface area contributed by atoms with E-state index in [1.165, 1.54) is 12.1 Å². The monoisotopic (exact) mass is 245 g/mol. The molecule has 1 aromatic carbocycles. The first-order chi connectivity index (χ1) is 8.72. The Balaban J connectivity index is 1.96. The molecule has 6 nitrogen and oxygen atoms in total. The van der Waals surface area contributed by atoms with E-state index in [0.29, 0.717) is 22.9 Å². The van der Waals surface area contributed by atoms with Gasteiger partial charge in [-0.2, -0.15) is 10.1 Å². The van der Waals surface area contributed by atoms with Gasteiger partial charge in [0.05, 0.1) is 0 Å². The van der Waals surface area contributed by atoms with Crippen molar-refractivity contribution in [2.24, 2.45) is 0 Å². The number of rotatable bonds is 2. The molecule has 0 bridgehead atoms. The maximum atomic E-state index is 12.8. The van der Waals surface area contributed by atoms with Gasteiger partial charge in [0.1, 0.15) is 17.3 Å². The van der Waals surface area contributed by atoms with Gasteiger partial charge >= 0.3 is 0 Å². The number of hydrogen-bond acceptors (Lipinski definition) is 5. The molecular weight excluding hydrogens is 237 g/mol. The summed E-state index contributed by atoms with van der Waals surface area (Å²) >= 11 is 0. The van der Waals surface area contributed by atoms with Crippen LogP contribution in [0.4, 0.5) is 10.2 Å². The number of anilines is 1. The van der Waals surface area contributed by atoms with Crippen molar-refractivity contribution in [1.82, 2.24) is 20.3 Å². The Morgan fingerprint density at radius 2 is 2.00 bits per heavy atom. The third kappa shape index (κ3) is 1.81. The van der Waals surface area contributed by atoms with Crippen molar-refractivity contribution in [3.63, 3.8) is 0 Å². The van der Waals surface area contributed by atoms with E-state index in [4.69, 9.17) is 10.3 Å². The molecule has 3 aromatic rings. The zero-order valence-electron chi connectivity index (χ0n) is 9.09. The van der Waals surface area contributed by atoms with Crippen LogP contribution >= 0.6 is 0 Å². The smallest absolute Gasteiger partial charge is 0.276 e. The van der Waals surface area contributed by atoms with Gasteiger partial charge in [-0.1, -0.05) is 5.16 Å². The van der Waals surface area contributed by atoms with E-state index in [-0.39, 0.29) is 11.7 Å². The van der Waals surface area contributed by atoms with Gasteiger partial charge in [0.15, 0.2) is 0 Å². The number of nitrogens with two attached hydrogens (primary N) is 1. The maximum Gasteiger partial charge on any atom is 0.276 e. The zero-order chi connectivity index (χ0) is 12.5. The number of nitrogens with one attached hydrogen (secondary N) is 1. The third-order valence-electron chi connectivity index (χ3n) is 2.36. The highest BCUT2D eigenvalue weighted by Gasteiger charge is 2.12. The van der Waals surface area contributed by atoms with Crippen LogP contribution in [0.3, 0.4) is 0 Å². The molecule has 0 saturated carbocycles. The van der Waals surface area contributed by atoms with Crippen LogP contribution in [-0.4, -0.2) is 20.3 Å². The number of aromatic amines is 1. The lowest BCUT2D eigenvalue weighted by atomic mass is 10.2. The van der Waals surface area contributed by atoms with Crippen LogP contribution in [0.25, 0.3) is 23.0 Å². The van der Waals surface area contributed by atoms with E-state index in [1.807, 2.05) is 0 Å². The molecule has 0 spiro atoms. The summed E-state index contributed by atoms with van der Waals surface area (Å²) in [4.78, 5) is 4.17. The molecule has 0 fully saturated rings. The second kappa shape index (κ2) is 3.95. The Morgan fingerprint density at radius 1 is 1.22 bits per heavy atom. The molecular formula is C11H8FN5O. The predicted octanol–water partition coefficient (Wildman–Crippen LogP) is 1.85. The second-order valence-corrected chi connectivity index (χ2v) is 3.64. The van der Waals surface area contributed by atoms with E-state index in [2.05, 4.69) is 20.3 Å². The summed E-state index contributed by atoms with van der Waals surface area (Å²) in [5, 5.41) is 10.2. The van der Waals surface area contributed by atoms with Crippen LogP contribution in [0.2, 0.25) is 0 Å². The topological polar surface area (TPSA) is 93.6 Å². The standard InChI is InChI=1S/C11H8FN5O/c12-7-3-1-6(2-4-7)10-14-11(18-17-10)8-5-9(13)16-15-8/h1-5H,(H3,13,15,16). The average molecular weight is 245 g/mol. The Morgan fingerprint density at radius 3 is 2.67 bits per heavy atom. The lowest BCUT2D eigenvalue weighted by Gasteiger charge is -1.92. The van der Waals surface area contributed by atoms with Crippen LogP contribution in [0, 0.1) is 5.82 Å². The van der Waals surface area contributed by atoms with Crippen LogP contribution in [0.15, 0.2) is 34.9 Å². The second-order valence-electron chi connectivity index (χ2n) is 3.64. The fraction of sp³-hybridized carbons (Fsp3) is 0. The summed E-state index contributed by atoms with van der Waals surface area (Å²) in [5.74, 6) is 0.673. The highest BCUT2D eigenvalue weighted by atomic mass is 19.1. The first-order valence-corrected chi connectivity index (χ1v) is 5.13. The average Bonchev–Trinajstić information content (AvgIpc) is 2.98. The Hall–Kier alpha value is -2.70. The minimum atomic E-state index is -0.316. The van der Waals surface area contributed by atoms with E-state index in [1.54, 1.807) is 18.2 Å². The molecule has 0 aliphatic rings. The van der Waals surface area contributed by atoms with Crippen molar-refractivity contribution in [3.8, 4) is 23.0 Å². The van der Waals surface area contributed by atoms with Crippen LogP contribution in [0.5, 0.6) is 0 Å². The van der Waals surface area contributed by atoms with Crippen molar-refractivity contribution >= 4 is 5.82 Å². The first-order valence-electron chi connectivity index (χ1n) is 5.13. The minimum absolute atomic E-state index is 0.276. The van der Waals surface area contributed by atoms with E-state index in [0.717, 1.165) is 0 Å². The first kappa shape index (κ1) is 10.5. The summed E-state index contributed by atoms with van der Waals surface area (Å²) in [6.07, 6.45) is 0. The third-order valence-corrected chi connectivity index (χ3v) is 2.36. The SMILES string of the molecule is Nc1cc(-c2nc(-c3ccc(F)cc3)no2)[nH]n1. The number of hydrogen-bond donors (Lipinski definition) is 2. The molecule has 0 amide bonds. The number of H-pyrrole nitrogens is 1. The minimum Gasteiger partial charge on any atom is -0.382 e. The number of halogens is 1. The Kier molecular flexibility index (Phi) is 2.30. The molecule has 3 rings (SSSR count). The Labute approximate surface area is 101 Å². The van der Waals surface area contributed by atoms with Crippen molar-refractivity contribution in [2.75, 3.05) is 5.73 Å². The lowest BCUT2D eigenvalue weighted by molar-refractivity contribution is 0.431. The van der Waals surface area contributed by atoms with Gasteiger partial charge in [-0.05, 0) is 24.3 Å².